The number of anilines is 2. The molecule has 1 aliphatic rings. The summed E-state index contributed by atoms with van der Waals surface area (Å²) in [7, 11) is 1.26. The molecule has 1 aromatic rings. The van der Waals surface area contributed by atoms with Crippen LogP contribution in [0.1, 0.15) is 37.6 Å². The van der Waals surface area contributed by atoms with Gasteiger partial charge in [-0.1, -0.05) is 6.92 Å². The lowest BCUT2D eigenvalue weighted by Crippen LogP contribution is -2.30. The van der Waals surface area contributed by atoms with Gasteiger partial charge in [0.25, 0.3) is 0 Å². The van der Waals surface area contributed by atoms with Gasteiger partial charge < -0.3 is 10.6 Å². The summed E-state index contributed by atoms with van der Waals surface area (Å²) in [5, 5.41) is 6.66. The smallest absolute Gasteiger partial charge is 0.134 e. The van der Waals surface area contributed by atoms with Crippen molar-refractivity contribution in [2.24, 2.45) is 0 Å². The van der Waals surface area contributed by atoms with Gasteiger partial charge in [0.2, 0.25) is 0 Å². The Kier molecular flexibility index (Phi) is 5.34. The zero-order chi connectivity index (χ0) is 14.5. The summed E-state index contributed by atoms with van der Waals surface area (Å²) in [6.45, 7) is 4.16. The van der Waals surface area contributed by atoms with E-state index in [9.17, 15) is 4.21 Å². The second kappa shape index (κ2) is 7.02. The Hall–Kier alpha value is -1.17. The highest BCUT2D eigenvalue weighted by molar-refractivity contribution is 7.85. The van der Waals surface area contributed by atoms with Crippen LogP contribution in [-0.4, -0.2) is 38.8 Å². The number of aromatic nitrogens is 2. The molecule has 2 heterocycles. The second-order valence-electron chi connectivity index (χ2n) is 5.23. The molecule has 0 unspecified atom stereocenters. The van der Waals surface area contributed by atoms with Gasteiger partial charge in [0, 0.05) is 47.4 Å². The zero-order valence-electron chi connectivity index (χ0n) is 12.5. The lowest BCUT2D eigenvalue weighted by molar-refractivity contribution is 0.621. The van der Waals surface area contributed by atoms with Crippen molar-refractivity contribution in [3.8, 4) is 0 Å². The molecule has 20 heavy (non-hydrogen) atoms. The molecule has 0 amide bonds. The molecule has 5 nitrogen and oxygen atoms in total. The van der Waals surface area contributed by atoms with Crippen molar-refractivity contribution < 1.29 is 4.21 Å². The third kappa shape index (κ3) is 3.69. The number of rotatable bonds is 5. The average molecular weight is 296 g/mol. The highest BCUT2D eigenvalue weighted by Crippen LogP contribution is 2.23. The molecule has 0 aliphatic carbocycles. The van der Waals surface area contributed by atoms with Crippen LogP contribution < -0.4 is 10.6 Å². The van der Waals surface area contributed by atoms with Crippen molar-refractivity contribution >= 4 is 22.4 Å². The first-order valence-corrected chi connectivity index (χ1v) is 8.79. The number of hydrogen-bond acceptors (Lipinski definition) is 5. The van der Waals surface area contributed by atoms with Gasteiger partial charge in [0.15, 0.2) is 0 Å². The number of nitrogens with one attached hydrogen (secondary N) is 2. The van der Waals surface area contributed by atoms with E-state index in [4.69, 9.17) is 0 Å². The molecule has 0 atom stereocenters. The Labute approximate surface area is 123 Å². The molecule has 2 rings (SSSR count). The van der Waals surface area contributed by atoms with E-state index < -0.39 is 10.8 Å². The number of nitrogens with zero attached hydrogens (tertiary/aromatic N) is 2. The molecular weight excluding hydrogens is 272 g/mol. The maximum Gasteiger partial charge on any atom is 0.134 e. The van der Waals surface area contributed by atoms with Crippen LogP contribution in [0.4, 0.5) is 11.6 Å². The summed E-state index contributed by atoms with van der Waals surface area (Å²) in [6.07, 6.45) is 3.83. The first-order chi connectivity index (χ1) is 9.63. The summed E-state index contributed by atoms with van der Waals surface area (Å²) in [4.78, 5) is 9.18. The predicted octanol–water partition coefficient (Wildman–Crippen LogP) is 2.10. The topological polar surface area (TPSA) is 66.9 Å². The molecule has 6 heteroatoms. The van der Waals surface area contributed by atoms with Crippen molar-refractivity contribution in [2.45, 2.75) is 45.6 Å². The van der Waals surface area contributed by atoms with E-state index in [2.05, 4.69) is 27.5 Å². The standard InChI is InChI=1S/C14H24N4OS/c1-4-5-12-17-13(15-3)10(2)14(18-12)16-11-6-8-20(19)9-7-11/h11H,4-9H2,1-3H3,(H2,15,16,17,18). The van der Waals surface area contributed by atoms with Gasteiger partial charge in [0.05, 0.1) is 0 Å². The van der Waals surface area contributed by atoms with Crippen molar-refractivity contribution in [1.29, 1.82) is 0 Å². The molecule has 1 aliphatic heterocycles. The van der Waals surface area contributed by atoms with Crippen LogP contribution >= 0.6 is 0 Å². The van der Waals surface area contributed by atoms with Crippen molar-refractivity contribution in [1.82, 2.24) is 9.97 Å². The molecule has 0 saturated carbocycles. The molecule has 2 N–H and O–H groups in total. The van der Waals surface area contributed by atoms with E-state index in [1.165, 1.54) is 0 Å². The molecular formula is C14H24N4OS. The van der Waals surface area contributed by atoms with Crippen molar-refractivity contribution in [3.05, 3.63) is 11.4 Å². The third-order valence-electron chi connectivity index (χ3n) is 3.63. The van der Waals surface area contributed by atoms with E-state index in [0.29, 0.717) is 6.04 Å². The predicted molar refractivity (Wildman–Crippen MR) is 84.8 cm³/mol. The quantitative estimate of drug-likeness (QED) is 0.871. The molecule has 0 radical (unpaired) electrons. The SMILES string of the molecule is CCCc1nc(NC)c(C)c(NC2CCS(=O)CC2)n1. The third-order valence-corrected chi connectivity index (χ3v) is 5.01. The van der Waals surface area contributed by atoms with Gasteiger partial charge >= 0.3 is 0 Å². The summed E-state index contributed by atoms with van der Waals surface area (Å²) < 4.78 is 11.4. The maximum absolute atomic E-state index is 11.4. The first-order valence-electron chi connectivity index (χ1n) is 7.30. The fourth-order valence-electron chi connectivity index (χ4n) is 2.41. The van der Waals surface area contributed by atoms with Crippen molar-refractivity contribution in [3.63, 3.8) is 0 Å². The van der Waals surface area contributed by atoms with E-state index in [1.807, 2.05) is 14.0 Å². The molecule has 1 saturated heterocycles. The van der Waals surface area contributed by atoms with Crippen LogP contribution in [0.5, 0.6) is 0 Å². The van der Waals surface area contributed by atoms with Gasteiger partial charge in [0.1, 0.15) is 17.5 Å². The van der Waals surface area contributed by atoms with Crippen LogP contribution in [-0.2, 0) is 17.2 Å². The lowest BCUT2D eigenvalue weighted by Gasteiger charge is -2.24. The van der Waals surface area contributed by atoms with E-state index in [0.717, 1.165) is 60.2 Å². The normalized spacial score (nSPS) is 22.6. The Bertz CT molecular complexity index is 482. The van der Waals surface area contributed by atoms with Crippen LogP contribution in [0.25, 0.3) is 0 Å². The van der Waals surface area contributed by atoms with Crippen LogP contribution in [0, 0.1) is 6.92 Å². The van der Waals surface area contributed by atoms with E-state index in [1.54, 1.807) is 0 Å². The van der Waals surface area contributed by atoms with Crippen molar-refractivity contribution in [2.75, 3.05) is 29.2 Å². The van der Waals surface area contributed by atoms with Gasteiger partial charge in [-0.15, -0.1) is 0 Å². The fraction of sp³-hybridized carbons (Fsp3) is 0.714. The molecule has 0 spiro atoms. The molecule has 0 aromatic carbocycles. The van der Waals surface area contributed by atoms with Gasteiger partial charge in [-0.2, -0.15) is 0 Å². The molecule has 1 fully saturated rings. The Morgan fingerprint density at radius 2 is 1.90 bits per heavy atom. The van der Waals surface area contributed by atoms with Crippen LogP contribution in [0.15, 0.2) is 0 Å². The maximum atomic E-state index is 11.4. The van der Waals surface area contributed by atoms with E-state index in [-0.39, 0.29) is 0 Å². The minimum atomic E-state index is -0.623. The first kappa shape index (κ1) is 15.2. The average Bonchev–Trinajstić information content (AvgIpc) is 2.45. The summed E-state index contributed by atoms with van der Waals surface area (Å²) >= 11 is 0. The van der Waals surface area contributed by atoms with Gasteiger partial charge in [-0.25, -0.2) is 9.97 Å². The van der Waals surface area contributed by atoms with Crippen LogP contribution in [0.2, 0.25) is 0 Å². The Morgan fingerprint density at radius 1 is 1.25 bits per heavy atom. The van der Waals surface area contributed by atoms with Gasteiger partial charge in [-0.05, 0) is 26.2 Å². The Balaban J connectivity index is 2.16. The summed E-state index contributed by atoms with van der Waals surface area (Å²) in [6, 6.07) is 0.375. The second-order valence-corrected chi connectivity index (χ2v) is 6.92. The Morgan fingerprint density at radius 3 is 2.50 bits per heavy atom. The lowest BCUT2D eigenvalue weighted by atomic mass is 10.1. The van der Waals surface area contributed by atoms with E-state index >= 15 is 0 Å². The zero-order valence-corrected chi connectivity index (χ0v) is 13.3. The van der Waals surface area contributed by atoms with Gasteiger partial charge in [-0.3, -0.25) is 4.21 Å². The number of aryl methyl sites for hydroxylation is 1. The molecule has 1 aromatic heterocycles. The molecule has 112 valence electrons. The minimum absolute atomic E-state index is 0.375. The minimum Gasteiger partial charge on any atom is -0.373 e. The highest BCUT2D eigenvalue weighted by atomic mass is 32.2. The van der Waals surface area contributed by atoms with Crippen LogP contribution in [0.3, 0.4) is 0 Å². The molecule has 0 bridgehead atoms. The summed E-state index contributed by atoms with van der Waals surface area (Å²) in [5.74, 6) is 4.28. The highest BCUT2D eigenvalue weighted by Gasteiger charge is 2.19. The summed E-state index contributed by atoms with van der Waals surface area (Å²) in [5.41, 5.74) is 1.05. The fourth-order valence-corrected chi connectivity index (χ4v) is 3.71. The number of hydrogen-bond donors (Lipinski definition) is 2. The monoisotopic (exact) mass is 296 g/mol. The largest absolute Gasteiger partial charge is 0.373 e.